The fourth-order valence-corrected chi connectivity index (χ4v) is 6.52. The number of rotatable bonds is 5. The second kappa shape index (κ2) is 8.16. The molecule has 3 unspecified atom stereocenters. The summed E-state index contributed by atoms with van der Waals surface area (Å²) in [4.78, 5) is 29.7. The Morgan fingerprint density at radius 1 is 1.34 bits per heavy atom. The van der Waals surface area contributed by atoms with Crippen molar-refractivity contribution in [3.8, 4) is 0 Å². The third-order valence-electron chi connectivity index (χ3n) is 8.89. The van der Waals surface area contributed by atoms with Crippen LogP contribution in [0, 0.1) is 17.3 Å². The Hall–Kier alpha value is -2.21. The molecule has 0 bridgehead atoms. The van der Waals surface area contributed by atoms with Crippen LogP contribution in [0.4, 0.5) is 14.5 Å². The molecular weight excluding hydrogens is 456 g/mol. The van der Waals surface area contributed by atoms with E-state index in [4.69, 9.17) is 4.74 Å². The van der Waals surface area contributed by atoms with Gasteiger partial charge in [-0.1, -0.05) is 6.92 Å². The maximum Gasteiger partial charge on any atom is 0.257 e. The number of pyridine rings is 1. The van der Waals surface area contributed by atoms with E-state index in [2.05, 4.69) is 30.7 Å². The van der Waals surface area contributed by atoms with Crippen molar-refractivity contribution in [3.63, 3.8) is 0 Å². The van der Waals surface area contributed by atoms with Gasteiger partial charge in [0.25, 0.3) is 5.92 Å². The van der Waals surface area contributed by atoms with E-state index in [0.29, 0.717) is 49.8 Å². The van der Waals surface area contributed by atoms with E-state index in [-0.39, 0.29) is 30.0 Å². The van der Waals surface area contributed by atoms with Crippen LogP contribution in [0.3, 0.4) is 0 Å². The number of H-pyrrole nitrogens is 1. The number of alkyl halides is 2. The summed E-state index contributed by atoms with van der Waals surface area (Å²) in [5, 5.41) is 0. The molecule has 0 spiro atoms. The lowest BCUT2D eigenvalue weighted by molar-refractivity contribution is -0.124. The van der Waals surface area contributed by atoms with Gasteiger partial charge in [-0.25, -0.2) is 24.2 Å². The molecule has 6 atom stereocenters. The number of aromatic nitrogens is 3. The molecule has 4 fully saturated rings. The van der Waals surface area contributed by atoms with Crippen LogP contribution >= 0.6 is 0 Å². The summed E-state index contributed by atoms with van der Waals surface area (Å²) in [6.07, 6.45) is 2.60. The molecule has 4 heterocycles. The molecule has 9 nitrogen and oxygen atoms in total. The molecule has 11 heteroatoms. The zero-order chi connectivity index (χ0) is 24.5. The van der Waals surface area contributed by atoms with Crippen molar-refractivity contribution < 1.29 is 18.3 Å². The third-order valence-corrected chi connectivity index (χ3v) is 8.89. The number of carbonyl (C=O) groups is 1. The molecule has 2 aliphatic carbocycles. The van der Waals surface area contributed by atoms with Gasteiger partial charge in [0.05, 0.1) is 42.7 Å². The van der Waals surface area contributed by atoms with Gasteiger partial charge in [-0.15, -0.1) is 0 Å². The summed E-state index contributed by atoms with van der Waals surface area (Å²) in [6, 6.07) is 1.44. The molecule has 2 aromatic rings. The average molecular weight is 490 g/mol. The maximum absolute atomic E-state index is 14.4. The van der Waals surface area contributed by atoms with Gasteiger partial charge in [-0.05, 0) is 38.7 Å². The number of nitrogens with one attached hydrogen (secondary N) is 3. The number of anilines is 1. The fourth-order valence-electron chi connectivity index (χ4n) is 6.52. The van der Waals surface area contributed by atoms with E-state index in [1.165, 1.54) is 0 Å². The Balaban J connectivity index is 1.22. The van der Waals surface area contributed by atoms with Gasteiger partial charge in [0.1, 0.15) is 5.82 Å². The van der Waals surface area contributed by atoms with E-state index in [1.54, 1.807) is 18.0 Å². The zero-order valence-electron chi connectivity index (χ0n) is 20.4. The van der Waals surface area contributed by atoms with Gasteiger partial charge in [-0.2, -0.15) is 0 Å². The Bertz CT molecular complexity index is 1140. The van der Waals surface area contributed by atoms with Crippen molar-refractivity contribution in [1.82, 2.24) is 30.7 Å². The number of amides is 1. The quantitative estimate of drug-likeness (QED) is 0.593. The largest absolute Gasteiger partial charge is 0.379 e. The molecule has 2 aliphatic heterocycles. The van der Waals surface area contributed by atoms with Crippen molar-refractivity contribution in [2.75, 3.05) is 37.7 Å². The van der Waals surface area contributed by atoms with Crippen LogP contribution in [0.1, 0.15) is 45.5 Å². The standard InChI is InChI=1S/C24H33F2N7O2/c1-4-33(22(34)13(2)32-5-7-35-8-6-32)14-9-16-20(27-12-14)29-21(28-16)19-15-10-18-23(3,24(18,25)26)11-17(15)30-31-19/h9,12-13,15,17-19,30-31H,4-8,10-11H2,1-3H3,(H,27,28,29)/t13-,15?,17?,18-,19?,23+/m0/s1. The number of hydrogen-bond donors (Lipinski definition) is 3. The van der Waals surface area contributed by atoms with Crippen LogP contribution < -0.4 is 15.8 Å². The predicted molar refractivity (Wildman–Crippen MR) is 126 cm³/mol. The van der Waals surface area contributed by atoms with Gasteiger partial charge >= 0.3 is 0 Å². The molecule has 35 heavy (non-hydrogen) atoms. The highest BCUT2D eigenvalue weighted by Gasteiger charge is 2.80. The van der Waals surface area contributed by atoms with Crippen LogP contribution in [-0.2, 0) is 9.53 Å². The molecule has 4 aliphatic rings. The van der Waals surface area contributed by atoms with Crippen molar-refractivity contribution >= 4 is 22.8 Å². The van der Waals surface area contributed by atoms with Crippen LogP contribution in [0.5, 0.6) is 0 Å². The van der Waals surface area contributed by atoms with Crippen molar-refractivity contribution in [1.29, 1.82) is 0 Å². The van der Waals surface area contributed by atoms with Crippen molar-refractivity contribution in [2.24, 2.45) is 17.3 Å². The highest BCUT2D eigenvalue weighted by atomic mass is 19.3. The minimum atomic E-state index is -2.58. The van der Waals surface area contributed by atoms with E-state index >= 15 is 0 Å². The first-order valence-corrected chi connectivity index (χ1v) is 12.6. The first-order valence-electron chi connectivity index (χ1n) is 12.6. The van der Waals surface area contributed by atoms with Crippen molar-refractivity contribution in [3.05, 3.63) is 18.1 Å². The number of hydrazine groups is 1. The summed E-state index contributed by atoms with van der Waals surface area (Å²) < 4.78 is 34.1. The molecule has 0 aromatic carbocycles. The molecule has 2 saturated carbocycles. The lowest BCUT2D eigenvalue weighted by Gasteiger charge is -2.34. The SMILES string of the molecule is CCN(C(=O)[C@H](C)N1CCOCC1)c1cnc2nc(C3NNC4C[C@]5(C)[C@H](CC43)C5(F)F)[nH]c2c1. The van der Waals surface area contributed by atoms with Crippen LogP contribution in [0.15, 0.2) is 12.3 Å². The fraction of sp³-hybridized carbons (Fsp3) is 0.708. The molecule has 2 aromatic heterocycles. The Morgan fingerprint density at radius 2 is 2.11 bits per heavy atom. The maximum atomic E-state index is 14.4. The number of carbonyl (C=O) groups excluding carboxylic acids is 1. The Morgan fingerprint density at radius 3 is 2.86 bits per heavy atom. The Labute approximate surface area is 203 Å². The molecule has 190 valence electrons. The van der Waals surface area contributed by atoms with E-state index in [9.17, 15) is 13.6 Å². The number of halogens is 2. The van der Waals surface area contributed by atoms with E-state index in [1.807, 2.05) is 19.9 Å². The monoisotopic (exact) mass is 489 g/mol. The normalized spacial score (nSPS) is 34.9. The first-order chi connectivity index (χ1) is 16.7. The van der Waals surface area contributed by atoms with Gasteiger partial charge < -0.3 is 14.6 Å². The number of likely N-dealkylation sites (N-methyl/N-ethyl adjacent to an activating group) is 1. The van der Waals surface area contributed by atoms with Crippen LogP contribution in [-0.4, -0.2) is 76.6 Å². The number of fused-ring (bicyclic) bond motifs is 3. The van der Waals surface area contributed by atoms with Crippen LogP contribution in [0.2, 0.25) is 0 Å². The molecule has 6 rings (SSSR count). The van der Waals surface area contributed by atoms with Gasteiger partial charge in [0, 0.05) is 37.0 Å². The summed E-state index contributed by atoms with van der Waals surface area (Å²) >= 11 is 0. The molecule has 1 amide bonds. The molecule has 2 saturated heterocycles. The van der Waals surface area contributed by atoms with E-state index < -0.39 is 17.3 Å². The lowest BCUT2D eigenvalue weighted by atomic mass is 9.77. The first kappa shape index (κ1) is 23.2. The minimum Gasteiger partial charge on any atom is -0.379 e. The zero-order valence-corrected chi connectivity index (χ0v) is 20.4. The van der Waals surface area contributed by atoms with Gasteiger partial charge in [0.2, 0.25) is 5.91 Å². The summed E-state index contributed by atoms with van der Waals surface area (Å²) in [5.74, 6) is -2.40. The lowest BCUT2D eigenvalue weighted by Crippen LogP contribution is -2.51. The number of ether oxygens (including phenoxy) is 1. The summed E-state index contributed by atoms with van der Waals surface area (Å²) in [5.41, 5.74) is 7.62. The summed E-state index contributed by atoms with van der Waals surface area (Å²) in [6.45, 7) is 8.86. The number of aromatic amines is 1. The highest BCUT2D eigenvalue weighted by molar-refractivity contribution is 5.97. The van der Waals surface area contributed by atoms with Gasteiger partial charge in [0.15, 0.2) is 5.65 Å². The number of nitrogens with zero attached hydrogens (tertiary/aromatic N) is 4. The van der Waals surface area contributed by atoms with Crippen LogP contribution in [0.25, 0.3) is 11.2 Å². The smallest absolute Gasteiger partial charge is 0.257 e. The molecule has 0 radical (unpaired) electrons. The highest BCUT2D eigenvalue weighted by Crippen LogP contribution is 2.73. The second-order valence-electron chi connectivity index (χ2n) is 10.7. The second-order valence-corrected chi connectivity index (χ2v) is 10.7. The topological polar surface area (TPSA) is 98.4 Å². The number of imidazole rings is 1. The molecular formula is C24H33F2N7O2. The molecule has 3 N–H and O–H groups in total. The third kappa shape index (κ3) is 3.50. The van der Waals surface area contributed by atoms with E-state index in [0.717, 1.165) is 18.6 Å². The average Bonchev–Trinajstić information content (AvgIpc) is 3.25. The minimum absolute atomic E-state index is 0.0127. The Kier molecular flexibility index (Phi) is 5.41. The van der Waals surface area contributed by atoms with Gasteiger partial charge in [-0.3, -0.25) is 15.1 Å². The van der Waals surface area contributed by atoms with Crippen molar-refractivity contribution in [2.45, 2.75) is 57.7 Å². The summed E-state index contributed by atoms with van der Waals surface area (Å²) in [7, 11) is 0. The number of hydrogen-bond acceptors (Lipinski definition) is 7. The number of morpholine rings is 1. The predicted octanol–water partition coefficient (Wildman–Crippen LogP) is 2.23.